The van der Waals surface area contributed by atoms with Crippen molar-refractivity contribution in [2.45, 2.75) is 62.6 Å². The average Bonchev–Trinajstić information content (AvgIpc) is 2.76. The lowest BCUT2D eigenvalue weighted by atomic mass is 9.87. The van der Waals surface area contributed by atoms with E-state index in [0.717, 1.165) is 11.0 Å². The molecule has 10 heteroatoms. The number of hydrogen-bond donors (Lipinski definition) is 2. The molecule has 2 atom stereocenters. The van der Waals surface area contributed by atoms with E-state index in [2.05, 4.69) is 10.6 Å². The van der Waals surface area contributed by atoms with Crippen molar-refractivity contribution in [1.82, 2.24) is 10.6 Å². The van der Waals surface area contributed by atoms with Gasteiger partial charge in [0.05, 0.1) is 0 Å². The Balaban J connectivity index is 1.71. The molecular formula is C25H25ClF3N3O3. The molecule has 0 spiro atoms. The minimum atomic E-state index is -2.85. The van der Waals surface area contributed by atoms with Crippen LogP contribution >= 0.6 is 11.6 Å². The topological polar surface area (TPSA) is 78.5 Å². The Bertz CT molecular complexity index is 1120. The number of rotatable bonds is 7. The van der Waals surface area contributed by atoms with Gasteiger partial charge >= 0.3 is 0 Å². The molecule has 1 aliphatic carbocycles. The second-order valence-corrected chi connectivity index (χ2v) is 9.41. The molecule has 3 amide bonds. The van der Waals surface area contributed by atoms with E-state index < -0.39 is 54.5 Å². The number of hydrogen-bond acceptors (Lipinski definition) is 3. The van der Waals surface area contributed by atoms with E-state index in [0.29, 0.717) is 19.3 Å². The highest BCUT2D eigenvalue weighted by atomic mass is 35.5. The molecule has 1 saturated heterocycles. The molecule has 2 aromatic rings. The van der Waals surface area contributed by atoms with Crippen molar-refractivity contribution in [3.05, 3.63) is 64.9 Å². The SMILES string of the molecule is O=C1CCC[C@@H](CC(=O)N(c2cccc(F)c2)C(C(=O)NC2CC(F)(F)C2)c2ccccc2Cl)N1. The molecule has 2 aromatic carbocycles. The van der Waals surface area contributed by atoms with Gasteiger partial charge in [0.25, 0.3) is 5.92 Å². The molecule has 4 rings (SSSR count). The van der Waals surface area contributed by atoms with Gasteiger partial charge in [0.15, 0.2) is 0 Å². The molecule has 2 fully saturated rings. The zero-order chi connectivity index (χ0) is 25.2. The molecule has 0 bridgehead atoms. The Labute approximate surface area is 205 Å². The van der Waals surface area contributed by atoms with E-state index >= 15 is 0 Å². The predicted octanol–water partition coefficient (Wildman–Crippen LogP) is 4.53. The van der Waals surface area contributed by atoms with Crippen LogP contribution in [0.2, 0.25) is 5.02 Å². The molecular weight excluding hydrogens is 483 g/mol. The number of carbonyl (C=O) groups is 3. The minimum Gasteiger partial charge on any atom is -0.353 e. The highest BCUT2D eigenvalue weighted by Gasteiger charge is 2.47. The van der Waals surface area contributed by atoms with Crippen LogP contribution in [-0.2, 0) is 14.4 Å². The van der Waals surface area contributed by atoms with Gasteiger partial charge in [-0.05, 0) is 37.1 Å². The lowest BCUT2D eigenvalue weighted by Crippen LogP contribution is -2.54. The van der Waals surface area contributed by atoms with Gasteiger partial charge in [0.1, 0.15) is 11.9 Å². The predicted molar refractivity (Wildman–Crippen MR) is 125 cm³/mol. The van der Waals surface area contributed by atoms with E-state index in [1.165, 1.54) is 18.2 Å². The fourth-order valence-electron chi connectivity index (χ4n) is 4.54. The van der Waals surface area contributed by atoms with Gasteiger partial charge in [-0.15, -0.1) is 0 Å². The van der Waals surface area contributed by atoms with Crippen molar-refractivity contribution in [2.75, 3.05) is 4.90 Å². The summed E-state index contributed by atoms with van der Waals surface area (Å²) in [7, 11) is 0. The molecule has 6 nitrogen and oxygen atoms in total. The van der Waals surface area contributed by atoms with Crippen LogP contribution < -0.4 is 15.5 Å². The van der Waals surface area contributed by atoms with E-state index in [1.807, 2.05) is 0 Å². The quantitative estimate of drug-likeness (QED) is 0.578. The number of anilines is 1. The summed E-state index contributed by atoms with van der Waals surface area (Å²) in [4.78, 5) is 40.1. The van der Waals surface area contributed by atoms with Crippen LogP contribution in [0, 0.1) is 5.82 Å². The Morgan fingerprint density at radius 3 is 2.57 bits per heavy atom. The first-order chi connectivity index (χ1) is 16.6. The molecule has 0 radical (unpaired) electrons. The van der Waals surface area contributed by atoms with Crippen molar-refractivity contribution in [3.63, 3.8) is 0 Å². The summed E-state index contributed by atoms with van der Waals surface area (Å²) in [6, 6.07) is 9.05. The third-order valence-electron chi connectivity index (χ3n) is 6.24. The van der Waals surface area contributed by atoms with E-state index in [4.69, 9.17) is 11.6 Å². The van der Waals surface area contributed by atoms with Crippen LogP contribution in [0.15, 0.2) is 48.5 Å². The van der Waals surface area contributed by atoms with Gasteiger partial charge < -0.3 is 10.6 Å². The second kappa shape index (κ2) is 10.3. The molecule has 1 saturated carbocycles. The zero-order valence-corrected chi connectivity index (χ0v) is 19.5. The van der Waals surface area contributed by atoms with Gasteiger partial charge in [-0.25, -0.2) is 13.2 Å². The van der Waals surface area contributed by atoms with Crippen molar-refractivity contribution < 1.29 is 27.6 Å². The Morgan fingerprint density at radius 1 is 1.17 bits per heavy atom. The largest absolute Gasteiger partial charge is 0.353 e. The summed E-state index contributed by atoms with van der Waals surface area (Å²) in [6.45, 7) is 0. The van der Waals surface area contributed by atoms with Gasteiger partial charge in [0, 0.05) is 54.0 Å². The van der Waals surface area contributed by atoms with Crippen LogP contribution in [0.25, 0.3) is 0 Å². The first-order valence-electron chi connectivity index (χ1n) is 11.4. The molecule has 1 unspecified atom stereocenters. The highest BCUT2D eigenvalue weighted by Crippen LogP contribution is 2.39. The number of alkyl halides is 2. The molecule has 0 aromatic heterocycles. The summed E-state index contributed by atoms with van der Waals surface area (Å²) in [6.07, 6.45) is 0.432. The average molecular weight is 508 g/mol. The lowest BCUT2D eigenvalue weighted by Gasteiger charge is -2.38. The fraction of sp³-hybridized carbons (Fsp3) is 0.400. The van der Waals surface area contributed by atoms with Crippen molar-refractivity contribution in [2.24, 2.45) is 0 Å². The highest BCUT2D eigenvalue weighted by molar-refractivity contribution is 6.31. The number of nitrogens with zero attached hydrogens (tertiary/aromatic N) is 1. The fourth-order valence-corrected chi connectivity index (χ4v) is 4.78. The normalized spacial score (nSPS) is 20.3. The Morgan fingerprint density at radius 2 is 1.91 bits per heavy atom. The number of piperidine rings is 1. The molecule has 2 N–H and O–H groups in total. The van der Waals surface area contributed by atoms with Crippen LogP contribution in [0.5, 0.6) is 0 Å². The summed E-state index contributed by atoms with van der Waals surface area (Å²) in [5.41, 5.74) is 0.374. The summed E-state index contributed by atoms with van der Waals surface area (Å²) >= 11 is 6.40. The van der Waals surface area contributed by atoms with Crippen molar-refractivity contribution in [1.29, 1.82) is 0 Å². The van der Waals surface area contributed by atoms with Crippen molar-refractivity contribution >= 4 is 35.0 Å². The number of amides is 3. The summed E-state index contributed by atoms with van der Waals surface area (Å²) < 4.78 is 41.0. The van der Waals surface area contributed by atoms with Gasteiger partial charge in [0.2, 0.25) is 17.7 Å². The Hall–Kier alpha value is -3.07. The maximum atomic E-state index is 14.2. The third kappa shape index (κ3) is 5.96. The zero-order valence-electron chi connectivity index (χ0n) is 18.8. The number of nitrogens with one attached hydrogen (secondary N) is 2. The molecule has 2 aliphatic rings. The summed E-state index contributed by atoms with van der Waals surface area (Å²) in [5, 5.41) is 5.55. The van der Waals surface area contributed by atoms with E-state index in [-0.39, 0.29) is 28.6 Å². The maximum absolute atomic E-state index is 14.2. The van der Waals surface area contributed by atoms with Crippen LogP contribution in [0.3, 0.4) is 0 Å². The number of halogens is 4. The standard InChI is InChI=1S/C25H25ClF3N3O3/c26-20-9-2-1-8-19(20)23(24(35)31-17-13-25(28,29)14-17)32(18-7-3-5-15(27)11-18)22(34)12-16-6-4-10-21(33)30-16/h1-3,5,7-9,11,16-17,23H,4,6,10,12-14H2,(H,30,33)(H,31,35)/t16-,23?/m0/s1. The first-order valence-corrected chi connectivity index (χ1v) is 11.8. The lowest BCUT2D eigenvalue weighted by molar-refractivity contribution is -0.133. The van der Waals surface area contributed by atoms with Gasteiger partial charge in [-0.1, -0.05) is 35.9 Å². The van der Waals surface area contributed by atoms with Crippen LogP contribution in [0.1, 0.15) is 50.1 Å². The smallest absolute Gasteiger partial charge is 0.252 e. The molecule has 1 aliphatic heterocycles. The molecule has 186 valence electrons. The first kappa shape index (κ1) is 25.0. The van der Waals surface area contributed by atoms with Gasteiger partial charge in [-0.2, -0.15) is 0 Å². The Kier molecular flexibility index (Phi) is 7.35. The van der Waals surface area contributed by atoms with Crippen LogP contribution in [-0.4, -0.2) is 35.7 Å². The van der Waals surface area contributed by atoms with Crippen LogP contribution in [0.4, 0.5) is 18.9 Å². The minimum absolute atomic E-state index is 0.108. The van der Waals surface area contributed by atoms with Gasteiger partial charge in [-0.3, -0.25) is 19.3 Å². The number of carbonyl (C=O) groups excluding carboxylic acids is 3. The maximum Gasteiger partial charge on any atom is 0.252 e. The third-order valence-corrected chi connectivity index (χ3v) is 6.58. The van der Waals surface area contributed by atoms with Crippen molar-refractivity contribution in [3.8, 4) is 0 Å². The van der Waals surface area contributed by atoms with E-state index in [9.17, 15) is 27.6 Å². The van der Waals surface area contributed by atoms with E-state index in [1.54, 1.807) is 24.3 Å². The molecule has 1 heterocycles. The second-order valence-electron chi connectivity index (χ2n) is 9.00. The monoisotopic (exact) mass is 507 g/mol. The number of benzene rings is 2. The summed E-state index contributed by atoms with van der Waals surface area (Å²) in [5.74, 6) is -4.89. The molecule has 35 heavy (non-hydrogen) atoms.